The molecule has 0 radical (unpaired) electrons. The molecule has 2 aromatic carbocycles. The fourth-order valence-corrected chi connectivity index (χ4v) is 2.53. The van der Waals surface area contributed by atoms with Gasteiger partial charge in [-0.2, -0.15) is 0 Å². The van der Waals surface area contributed by atoms with Gasteiger partial charge in [0.05, 0.1) is 9.85 Å². The molecule has 0 bridgehead atoms. The molecule has 1 aromatic heterocycles. The van der Waals surface area contributed by atoms with Gasteiger partial charge in [-0.15, -0.1) is 0 Å². The van der Waals surface area contributed by atoms with Gasteiger partial charge in [-0.25, -0.2) is 9.97 Å². The van der Waals surface area contributed by atoms with Crippen LogP contribution >= 0.6 is 0 Å². The van der Waals surface area contributed by atoms with E-state index in [1.165, 1.54) is 24.5 Å². The first-order chi connectivity index (χ1) is 13.5. The number of hydrogen-bond donors (Lipinski definition) is 2. The summed E-state index contributed by atoms with van der Waals surface area (Å²) in [5.74, 6) is -0.0645. The smallest absolute Gasteiger partial charge is 0.334 e. The number of nitro benzene ring substituents is 1. The minimum absolute atomic E-state index is 0.0113. The topological polar surface area (TPSA) is 136 Å². The Labute approximate surface area is 159 Å². The molecule has 0 aliphatic rings. The lowest BCUT2D eigenvalue weighted by molar-refractivity contribution is -0.384. The van der Waals surface area contributed by atoms with Gasteiger partial charge < -0.3 is 10.6 Å². The lowest BCUT2D eigenvalue weighted by Crippen LogP contribution is -2.05. The van der Waals surface area contributed by atoms with Crippen LogP contribution in [0.25, 0.3) is 0 Å². The van der Waals surface area contributed by atoms with E-state index in [1.807, 2.05) is 19.1 Å². The van der Waals surface area contributed by atoms with Gasteiger partial charge in [0.15, 0.2) is 0 Å². The molecule has 28 heavy (non-hydrogen) atoms. The fraction of sp³-hybridized carbons (Fsp3) is 0.111. The molecule has 0 saturated heterocycles. The molecule has 3 aromatic rings. The van der Waals surface area contributed by atoms with E-state index in [0.29, 0.717) is 11.4 Å². The Morgan fingerprint density at radius 2 is 1.54 bits per heavy atom. The average molecular weight is 380 g/mol. The lowest BCUT2D eigenvalue weighted by Gasteiger charge is -2.10. The molecule has 0 aliphatic carbocycles. The van der Waals surface area contributed by atoms with Crippen molar-refractivity contribution in [2.45, 2.75) is 13.3 Å². The van der Waals surface area contributed by atoms with Crippen molar-refractivity contribution in [3.63, 3.8) is 0 Å². The molecule has 0 atom stereocenters. The molecule has 0 unspecified atom stereocenters. The first-order valence-electron chi connectivity index (χ1n) is 8.34. The maximum atomic E-state index is 11.6. The van der Waals surface area contributed by atoms with E-state index in [-0.39, 0.29) is 23.0 Å². The quantitative estimate of drug-likeness (QED) is 0.456. The highest BCUT2D eigenvalue weighted by molar-refractivity contribution is 5.77. The molecule has 0 amide bonds. The minimum Gasteiger partial charge on any atom is -0.334 e. The van der Waals surface area contributed by atoms with Crippen molar-refractivity contribution < 1.29 is 9.85 Å². The number of non-ortho nitro benzene ring substituents is 1. The van der Waals surface area contributed by atoms with Gasteiger partial charge in [-0.05, 0) is 30.2 Å². The van der Waals surface area contributed by atoms with Crippen LogP contribution in [0.3, 0.4) is 0 Å². The van der Waals surface area contributed by atoms with Crippen molar-refractivity contribution in [3.8, 4) is 0 Å². The van der Waals surface area contributed by atoms with Gasteiger partial charge in [-0.1, -0.05) is 25.1 Å². The van der Waals surface area contributed by atoms with E-state index < -0.39 is 9.85 Å². The Balaban J connectivity index is 1.94. The minimum atomic E-state index is -0.609. The Morgan fingerprint density at radius 3 is 2.11 bits per heavy atom. The standard InChI is InChI=1S/C18H16N6O4/c1-2-12-6-8-13(9-7-12)21-17-16(24(27)28)18(20-11-19-17)22-14-4-3-5-15(10-14)23(25)26/h3-11H,2H2,1H3,(H2,19,20,21,22). The van der Waals surface area contributed by atoms with Crippen molar-refractivity contribution in [2.75, 3.05) is 10.6 Å². The highest BCUT2D eigenvalue weighted by atomic mass is 16.6. The highest BCUT2D eigenvalue weighted by Gasteiger charge is 2.23. The Bertz CT molecular complexity index is 1020. The lowest BCUT2D eigenvalue weighted by atomic mass is 10.1. The first-order valence-corrected chi connectivity index (χ1v) is 8.34. The second kappa shape index (κ2) is 8.08. The third-order valence-corrected chi connectivity index (χ3v) is 3.95. The predicted molar refractivity (Wildman–Crippen MR) is 104 cm³/mol. The van der Waals surface area contributed by atoms with E-state index in [0.717, 1.165) is 12.0 Å². The molecule has 10 heteroatoms. The molecule has 0 aliphatic heterocycles. The second-order valence-electron chi connectivity index (χ2n) is 5.78. The maximum Gasteiger partial charge on any atom is 0.353 e. The van der Waals surface area contributed by atoms with Crippen LogP contribution in [0.1, 0.15) is 12.5 Å². The number of nitrogens with one attached hydrogen (secondary N) is 2. The number of aromatic nitrogens is 2. The average Bonchev–Trinajstić information content (AvgIpc) is 2.68. The zero-order valence-electron chi connectivity index (χ0n) is 14.8. The van der Waals surface area contributed by atoms with Crippen LogP contribution in [0.4, 0.5) is 34.4 Å². The predicted octanol–water partition coefficient (Wildman–Crippen LogP) is 4.34. The number of aryl methyl sites for hydroxylation is 1. The largest absolute Gasteiger partial charge is 0.353 e. The summed E-state index contributed by atoms with van der Waals surface area (Å²) in [4.78, 5) is 29.3. The van der Waals surface area contributed by atoms with E-state index in [2.05, 4.69) is 20.6 Å². The first kappa shape index (κ1) is 18.7. The third-order valence-electron chi connectivity index (χ3n) is 3.95. The van der Waals surface area contributed by atoms with Crippen LogP contribution in [-0.4, -0.2) is 19.8 Å². The Hall–Kier alpha value is -4.08. The summed E-state index contributed by atoms with van der Waals surface area (Å²) in [5, 5.41) is 28.2. The zero-order valence-corrected chi connectivity index (χ0v) is 14.8. The van der Waals surface area contributed by atoms with Gasteiger partial charge in [0, 0.05) is 23.5 Å². The van der Waals surface area contributed by atoms with Gasteiger partial charge >= 0.3 is 5.69 Å². The molecule has 3 rings (SSSR count). The van der Waals surface area contributed by atoms with Crippen LogP contribution in [0, 0.1) is 20.2 Å². The summed E-state index contributed by atoms with van der Waals surface area (Å²) in [5.41, 5.74) is 1.56. The van der Waals surface area contributed by atoms with Crippen molar-refractivity contribution in [1.29, 1.82) is 0 Å². The van der Waals surface area contributed by atoms with Crippen LogP contribution in [0.15, 0.2) is 54.9 Å². The number of anilines is 4. The van der Waals surface area contributed by atoms with Gasteiger partial charge in [0.1, 0.15) is 6.33 Å². The fourth-order valence-electron chi connectivity index (χ4n) is 2.53. The van der Waals surface area contributed by atoms with E-state index in [4.69, 9.17) is 0 Å². The molecular weight excluding hydrogens is 364 g/mol. The molecule has 0 fully saturated rings. The van der Waals surface area contributed by atoms with Crippen LogP contribution in [0.5, 0.6) is 0 Å². The van der Waals surface area contributed by atoms with Gasteiger partial charge in [-0.3, -0.25) is 20.2 Å². The second-order valence-corrected chi connectivity index (χ2v) is 5.78. The number of nitro groups is 2. The summed E-state index contributed by atoms with van der Waals surface area (Å²) in [7, 11) is 0. The van der Waals surface area contributed by atoms with Gasteiger partial charge in [0.2, 0.25) is 11.6 Å². The van der Waals surface area contributed by atoms with E-state index in [9.17, 15) is 20.2 Å². The molecule has 1 heterocycles. The molecule has 0 spiro atoms. The summed E-state index contributed by atoms with van der Waals surface area (Å²) in [6, 6.07) is 13.1. The number of hydrogen-bond acceptors (Lipinski definition) is 8. The molecule has 10 nitrogen and oxygen atoms in total. The van der Waals surface area contributed by atoms with Crippen molar-refractivity contribution in [3.05, 3.63) is 80.7 Å². The van der Waals surface area contributed by atoms with Crippen LogP contribution in [-0.2, 0) is 6.42 Å². The van der Waals surface area contributed by atoms with Crippen molar-refractivity contribution in [2.24, 2.45) is 0 Å². The number of rotatable bonds is 7. The van der Waals surface area contributed by atoms with E-state index in [1.54, 1.807) is 18.2 Å². The molecule has 142 valence electrons. The molecule has 2 N–H and O–H groups in total. The normalized spacial score (nSPS) is 10.3. The summed E-state index contributed by atoms with van der Waals surface area (Å²) in [6.07, 6.45) is 2.06. The van der Waals surface area contributed by atoms with E-state index >= 15 is 0 Å². The van der Waals surface area contributed by atoms with Crippen molar-refractivity contribution in [1.82, 2.24) is 9.97 Å². The third kappa shape index (κ3) is 4.18. The Kier molecular flexibility index (Phi) is 5.40. The Morgan fingerprint density at radius 1 is 0.893 bits per heavy atom. The molecular formula is C18H16N6O4. The number of nitrogens with zero attached hydrogens (tertiary/aromatic N) is 4. The SMILES string of the molecule is CCc1ccc(Nc2ncnc(Nc3cccc([N+](=O)[O-])c3)c2[N+](=O)[O-])cc1. The van der Waals surface area contributed by atoms with Gasteiger partial charge in [0.25, 0.3) is 5.69 Å². The van der Waals surface area contributed by atoms with Crippen LogP contribution in [0.2, 0.25) is 0 Å². The summed E-state index contributed by atoms with van der Waals surface area (Å²) >= 11 is 0. The maximum absolute atomic E-state index is 11.6. The zero-order chi connectivity index (χ0) is 20.1. The van der Waals surface area contributed by atoms with Crippen LogP contribution < -0.4 is 10.6 Å². The monoisotopic (exact) mass is 380 g/mol. The number of benzene rings is 2. The molecule has 0 saturated carbocycles. The van der Waals surface area contributed by atoms with Crippen molar-refractivity contribution >= 4 is 34.4 Å². The summed E-state index contributed by atoms with van der Waals surface area (Å²) in [6.45, 7) is 2.03. The highest BCUT2D eigenvalue weighted by Crippen LogP contribution is 2.33. The summed E-state index contributed by atoms with van der Waals surface area (Å²) < 4.78 is 0.